The Morgan fingerprint density at radius 3 is 3.05 bits per heavy atom. The Morgan fingerprint density at radius 2 is 2.29 bits per heavy atom. The fourth-order valence-corrected chi connectivity index (χ4v) is 6.25. The predicted octanol–water partition coefficient (Wildman–Crippen LogP) is 1.03. The van der Waals surface area contributed by atoms with E-state index in [1.807, 2.05) is 11.6 Å². The van der Waals surface area contributed by atoms with E-state index in [9.17, 15) is 8.42 Å². The van der Waals surface area contributed by atoms with Gasteiger partial charge in [-0.1, -0.05) is 0 Å². The van der Waals surface area contributed by atoms with Gasteiger partial charge in [0, 0.05) is 24.5 Å². The van der Waals surface area contributed by atoms with Gasteiger partial charge in [-0.05, 0) is 29.0 Å². The van der Waals surface area contributed by atoms with Crippen LogP contribution in [0.15, 0.2) is 21.1 Å². The van der Waals surface area contributed by atoms with Gasteiger partial charge >= 0.3 is 0 Å². The van der Waals surface area contributed by atoms with Crippen molar-refractivity contribution in [3.8, 4) is 0 Å². The molecule has 0 bridgehead atoms. The number of fused-ring (bicyclic) bond motifs is 1. The third kappa shape index (κ3) is 2.78. The maximum absolute atomic E-state index is 12.8. The van der Waals surface area contributed by atoms with E-state index in [0.29, 0.717) is 34.1 Å². The quantitative estimate of drug-likeness (QED) is 0.841. The molecule has 10 heteroatoms. The van der Waals surface area contributed by atoms with Crippen LogP contribution in [0.5, 0.6) is 0 Å². The van der Waals surface area contributed by atoms with Crippen molar-refractivity contribution < 1.29 is 8.42 Å². The molecule has 0 spiro atoms. The lowest BCUT2D eigenvalue weighted by Gasteiger charge is -2.26. The number of nitrogens with zero attached hydrogens (tertiary/aromatic N) is 4. The normalized spacial score (nSPS) is 16.1. The van der Waals surface area contributed by atoms with Gasteiger partial charge in [0.1, 0.15) is 17.0 Å². The first-order valence-corrected chi connectivity index (χ1v) is 9.37. The van der Waals surface area contributed by atoms with Crippen molar-refractivity contribution in [1.82, 2.24) is 24.4 Å². The smallest absolute Gasteiger partial charge is 0.245 e. The lowest BCUT2D eigenvalue weighted by molar-refractivity contribution is 0.335. The summed E-state index contributed by atoms with van der Waals surface area (Å²) in [5.74, 6) is 0.673. The highest BCUT2D eigenvalue weighted by Crippen LogP contribution is 2.34. The first-order chi connectivity index (χ1) is 10.0. The molecular formula is C11H14BrN5O2S2. The van der Waals surface area contributed by atoms with Crippen LogP contribution in [0.25, 0.3) is 0 Å². The molecule has 0 aromatic carbocycles. The zero-order valence-corrected chi connectivity index (χ0v) is 14.5. The van der Waals surface area contributed by atoms with Gasteiger partial charge in [0.15, 0.2) is 0 Å². The van der Waals surface area contributed by atoms with Gasteiger partial charge in [0.2, 0.25) is 10.0 Å². The van der Waals surface area contributed by atoms with Gasteiger partial charge < -0.3 is 9.88 Å². The second-order valence-electron chi connectivity index (χ2n) is 4.66. The molecule has 0 fully saturated rings. The van der Waals surface area contributed by atoms with E-state index in [2.05, 4.69) is 31.4 Å². The number of hydrogen-bond donors (Lipinski definition) is 1. The number of halogens is 1. The molecule has 114 valence electrons. The third-order valence-corrected chi connectivity index (χ3v) is 7.38. The highest BCUT2D eigenvalue weighted by molar-refractivity contribution is 9.11. The monoisotopic (exact) mass is 391 g/mol. The molecule has 1 N–H and O–H groups in total. The Labute approximate surface area is 135 Å². The highest BCUT2D eigenvalue weighted by Gasteiger charge is 2.31. The Balaban J connectivity index is 1.91. The first-order valence-electron chi connectivity index (χ1n) is 6.32. The zero-order chi connectivity index (χ0) is 15.0. The third-order valence-electron chi connectivity index (χ3n) is 3.28. The summed E-state index contributed by atoms with van der Waals surface area (Å²) in [6.07, 6.45) is 1.63. The van der Waals surface area contributed by atoms with Crippen molar-refractivity contribution in [3.63, 3.8) is 0 Å². The fourth-order valence-electron chi connectivity index (χ4n) is 2.22. The first kappa shape index (κ1) is 15.1. The molecule has 1 aliphatic heterocycles. The van der Waals surface area contributed by atoms with Crippen LogP contribution in [0.1, 0.15) is 10.7 Å². The number of rotatable bonds is 4. The standard InChI is InChI=1S/C11H14BrN5O2S2/c1-13-5-8-4-9(11(12)20-8)21(18,19)17-3-2-16-7-14-15-10(16)6-17/h4,7,13H,2-3,5-6H2,1H3. The lowest BCUT2D eigenvalue weighted by atomic mass is 10.4. The number of sulfonamides is 1. The summed E-state index contributed by atoms with van der Waals surface area (Å²) in [5, 5.41) is 10.8. The summed E-state index contributed by atoms with van der Waals surface area (Å²) in [4.78, 5) is 1.30. The van der Waals surface area contributed by atoms with Crippen LogP contribution < -0.4 is 5.32 Å². The molecule has 0 unspecified atom stereocenters. The van der Waals surface area contributed by atoms with Crippen molar-refractivity contribution in [2.45, 2.75) is 24.5 Å². The molecule has 0 atom stereocenters. The maximum atomic E-state index is 12.8. The number of thiophene rings is 1. The number of hydrogen-bond acceptors (Lipinski definition) is 6. The summed E-state index contributed by atoms with van der Waals surface area (Å²) >= 11 is 4.80. The van der Waals surface area contributed by atoms with Crippen LogP contribution >= 0.6 is 27.3 Å². The Hall–Kier alpha value is -0.810. The molecule has 3 heterocycles. The average molecular weight is 392 g/mol. The summed E-state index contributed by atoms with van der Waals surface area (Å²) in [5.41, 5.74) is 0. The zero-order valence-electron chi connectivity index (χ0n) is 11.3. The van der Waals surface area contributed by atoms with E-state index in [1.165, 1.54) is 15.6 Å². The van der Waals surface area contributed by atoms with Gasteiger partial charge in [0.25, 0.3) is 0 Å². The molecule has 0 saturated carbocycles. The Morgan fingerprint density at radius 1 is 1.48 bits per heavy atom. The largest absolute Gasteiger partial charge is 0.315 e. The summed E-state index contributed by atoms with van der Waals surface area (Å²) in [6, 6.07) is 1.72. The van der Waals surface area contributed by atoms with E-state index in [1.54, 1.807) is 12.4 Å². The summed E-state index contributed by atoms with van der Waals surface area (Å²) in [7, 11) is -1.69. The Kier molecular flexibility index (Phi) is 4.14. The number of nitrogens with one attached hydrogen (secondary N) is 1. The summed E-state index contributed by atoms with van der Waals surface area (Å²) in [6.45, 7) is 1.91. The van der Waals surface area contributed by atoms with Crippen LogP contribution in [0.3, 0.4) is 0 Å². The van der Waals surface area contributed by atoms with Crippen molar-refractivity contribution in [1.29, 1.82) is 0 Å². The minimum absolute atomic E-state index is 0.256. The lowest BCUT2D eigenvalue weighted by Crippen LogP contribution is -2.38. The molecule has 3 rings (SSSR count). The maximum Gasteiger partial charge on any atom is 0.245 e. The van der Waals surface area contributed by atoms with Gasteiger partial charge in [-0.25, -0.2) is 8.42 Å². The van der Waals surface area contributed by atoms with Gasteiger partial charge in [0.05, 0.1) is 10.3 Å². The SMILES string of the molecule is CNCc1cc(S(=O)(=O)N2CCn3cnnc3C2)c(Br)s1. The molecule has 0 saturated heterocycles. The van der Waals surface area contributed by atoms with E-state index >= 15 is 0 Å². The van der Waals surface area contributed by atoms with E-state index in [-0.39, 0.29) is 6.54 Å². The molecule has 1 aliphatic rings. The topological polar surface area (TPSA) is 80.1 Å². The van der Waals surface area contributed by atoms with Crippen molar-refractivity contribution in [2.75, 3.05) is 13.6 Å². The highest BCUT2D eigenvalue weighted by atomic mass is 79.9. The van der Waals surface area contributed by atoms with Gasteiger partial charge in [-0.2, -0.15) is 4.31 Å². The van der Waals surface area contributed by atoms with Gasteiger partial charge in [-0.15, -0.1) is 21.5 Å². The van der Waals surface area contributed by atoms with E-state index in [0.717, 1.165) is 4.88 Å². The average Bonchev–Trinajstić information content (AvgIpc) is 3.04. The molecule has 2 aromatic rings. The van der Waals surface area contributed by atoms with Crippen LogP contribution in [-0.4, -0.2) is 41.1 Å². The van der Waals surface area contributed by atoms with Gasteiger partial charge in [-0.3, -0.25) is 0 Å². The minimum Gasteiger partial charge on any atom is -0.315 e. The molecule has 0 amide bonds. The molecule has 0 radical (unpaired) electrons. The second-order valence-corrected chi connectivity index (χ2v) is 9.02. The molecule has 2 aromatic heterocycles. The van der Waals surface area contributed by atoms with E-state index in [4.69, 9.17) is 0 Å². The van der Waals surface area contributed by atoms with Crippen molar-refractivity contribution in [2.24, 2.45) is 0 Å². The predicted molar refractivity (Wildman–Crippen MR) is 82.4 cm³/mol. The van der Waals surface area contributed by atoms with Crippen LogP contribution in [0.4, 0.5) is 0 Å². The Bertz CT molecular complexity index is 755. The van der Waals surface area contributed by atoms with Crippen LogP contribution in [-0.2, 0) is 29.7 Å². The molecule has 0 aliphatic carbocycles. The molecular weight excluding hydrogens is 378 g/mol. The fraction of sp³-hybridized carbons (Fsp3) is 0.455. The van der Waals surface area contributed by atoms with Crippen molar-refractivity contribution in [3.05, 3.63) is 26.9 Å². The summed E-state index contributed by atoms with van der Waals surface area (Å²) < 4.78 is 29.5. The minimum atomic E-state index is -3.52. The van der Waals surface area contributed by atoms with Crippen LogP contribution in [0, 0.1) is 0 Å². The van der Waals surface area contributed by atoms with Crippen LogP contribution in [0.2, 0.25) is 0 Å². The van der Waals surface area contributed by atoms with Crippen molar-refractivity contribution >= 4 is 37.3 Å². The molecule has 21 heavy (non-hydrogen) atoms. The van der Waals surface area contributed by atoms with E-state index < -0.39 is 10.0 Å². The second kappa shape index (κ2) is 5.76. The molecule has 7 nitrogen and oxygen atoms in total. The number of aromatic nitrogens is 3.